The summed E-state index contributed by atoms with van der Waals surface area (Å²) in [5, 5.41) is 2.05. The van der Waals surface area contributed by atoms with Crippen LogP contribution in [0, 0.1) is 0 Å². The molecule has 0 amide bonds. The van der Waals surface area contributed by atoms with Gasteiger partial charge in [-0.05, 0) is 102 Å². The molecule has 0 saturated carbocycles. The van der Waals surface area contributed by atoms with Gasteiger partial charge >= 0.3 is 0 Å². The largest absolute Gasteiger partial charge is 0.491 e. The number of hydrogen-bond donors (Lipinski definition) is 0. The molecule has 5 aromatic rings. The van der Waals surface area contributed by atoms with Gasteiger partial charge in [-0.25, -0.2) is 24.2 Å². The molecular weight excluding hydrogens is 760 g/mol. The molecule has 0 fully saturated rings. The Balaban J connectivity index is 1.14. The predicted molar refractivity (Wildman–Crippen MR) is 247 cm³/mol. The van der Waals surface area contributed by atoms with E-state index in [-0.39, 0.29) is 10.3 Å². The van der Waals surface area contributed by atoms with Crippen LogP contribution in [0.15, 0.2) is 84.9 Å². The molecule has 0 spiro atoms. The molecule has 12 heteroatoms. The second-order valence-electron chi connectivity index (χ2n) is 17.1. The van der Waals surface area contributed by atoms with E-state index >= 15 is 0 Å². The zero-order valence-electron chi connectivity index (χ0n) is 35.4. The van der Waals surface area contributed by atoms with Gasteiger partial charge in [0.2, 0.25) is 0 Å². The normalized spacial score (nSPS) is 22.0. The first-order chi connectivity index (χ1) is 27.7. The van der Waals surface area contributed by atoms with Gasteiger partial charge in [-0.2, -0.15) is 0 Å². The van der Waals surface area contributed by atoms with E-state index in [0.29, 0.717) is 66.1 Å². The second-order valence-corrected chi connectivity index (χ2v) is 25.7. The van der Waals surface area contributed by atoms with Crippen LogP contribution in [0.25, 0.3) is 44.3 Å². The zero-order valence-corrected chi connectivity index (χ0v) is 37.2. The molecule has 5 heterocycles. The molecule has 3 aromatic carbocycles. The van der Waals surface area contributed by atoms with E-state index in [1.165, 1.54) is 0 Å². The standard InChI is InChI=1S/C46H60B2N2O6P2/c1-45(2,3)57(47)31-29-53-23-21-51-25-27-55-39-15-9-35(10-16-39)41-19-13-37-7-8-38-14-20-42(50-44(38)43(37)49-41)36-11-17-40(18-12-36)56-28-26-52-22-24-54-30-32-58(48,34-33-57)46(4,5)6/h7-20H,21-34H2,1-6H3. The number of ether oxygens (including phenoxy) is 6. The SMILES string of the molecule is [B-][P+]1(C(C)(C)C)CCOCCOCCOc2ccc(cc2)-c2ccc3ccc4ccc(nc4c3n2)-c2ccc(cc2)OCCOCCOCC[P+]([B-])(C(C)(C)C)CC1. The van der Waals surface area contributed by atoms with Gasteiger partial charge in [-0.1, -0.05) is 24.3 Å². The Morgan fingerprint density at radius 3 is 1.10 bits per heavy atom. The van der Waals surface area contributed by atoms with E-state index in [1.54, 1.807) is 0 Å². The Morgan fingerprint density at radius 2 is 0.741 bits per heavy atom. The third-order valence-electron chi connectivity index (χ3n) is 11.4. The highest BCUT2D eigenvalue weighted by Gasteiger charge is 2.38. The fourth-order valence-electron chi connectivity index (χ4n) is 6.99. The number of nitrogens with zero attached hydrogens (tertiary/aromatic N) is 2. The summed E-state index contributed by atoms with van der Waals surface area (Å²) in [7, 11) is 10.9. The summed E-state index contributed by atoms with van der Waals surface area (Å²) in [6.45, 7) is 18.7. The van der Waals surface area contributed by atoms with Crippen molar-refractivity contribution in [3.05, 3.63) is 84.9 Å². The van der Waals surface area contributed by atoms with Crippen molar-refractivity contribution in [2.75, 3.05) is 90.7 Å². The number of rotatable bonds is 0. The van der Waals surface area contributed by atoms with Gasteiger partial charge in [-0.15, -0.1) is 0 Å². The van der Waals surface area contributed by atoms with Crippen molar-refractivity contribution in [1.29, 1.82) is 0 Å². The maximum atomic E-state index is 7.30. The first-order valence-electron chi connectivity index (χ1n) is 20.5. The van der Waals surface area contributed by atoms with Crippen LogP contribution in [0.3, 0.4) is 0 Å². The lowest BCUT2D eigenvalue weighted by Crippen LogP contribution is -2.33. The summed E-state index contributed by atoms with van der Waals surface area (Å²) < 4.78 is 35.8. The Labute approximate surface area is 349 Å². The van der Waals surface area contributed by atoms with E-state index in [1.807, 2.05) is 48.5 Å². The molecule has 2 unspecified atom stereocenters. The molecule has 0 saturated heterocycles. The average Bonchev–Trinajstić information content (AvgIpc) is 3.20. The van der Waals surface area contributed by atoms with Crippen LogP contribution in [0.2, 0.25) is 0 Å². The minimum absolute atomic E-state index is 0.0111. The highest BCUT2D eigenvalue weighted by molar-refractivity contribution is 8.01. The third-order valence-corrected chi connectivity index (χ3v) is 21.1. The van der Waals surface area contributed by atoms with Gasteiger partial charge in [0.05, 0.1) is 75.3 Å². The maximum Gasteiger partial charge on any atom is 0.119 e. The van der Waals surface area contributed by atoms with Gasteiger partial charge in [-0.3, -0.25) is 0 Å². The molecule has 6 radical (unpaired) electrons. The third kappa shape index (κ3) is 11.6. The van der Waals surface area contributed by atoms with Gasteiger partial charge in [0, 0.05) is 56.9 Å². The molecule has 0 aliphatic carbocycles. The van der Waals surface area contributed by atoms with E-state index in [4.69, 9.17) is 53.5 Å². The lowest BCUT2D eigenvalue weighted by atomic mass is 10.1. The number of fused-ring (bicyclic) bond motifs is 2. The van der Waals surface area contributed by atoms with E-state index in [0.717, 1.165) is 80.5 Å². The highest BCUT2D eigenvalue weighted by atomic mass is 31.2. The number of aromatic nitrogens is 2. The Bertz CT molecular complexity index is 1930. The van der Waals surface area contributed by atoms with Crippen LogP contribution >= 0.6 is 14.3 Å². The van der Waals surface area contributed by atoms with Crippen molar-refractivity contribution in [3.63, 3.8) is 0 Å². The lowest BCUT2D eigenvalue weighted by Gasteiger charge is -2.53. The topological polar surface area (TPSA) is 81.2 Å². The molecule has 3 aliphatic heterocycles. The smallest absolute Gasteiger partial charge is 0.119 e. The fraction of sp³-hybridized carbons (Fsp3) is 0.478. The van der Waals surface area contributed by atoms with Gasteiger partial charge in [0.1, 0.15) is 24.7 Å². The van der Waals surface area contributed by atoms with Crippen LogP contribution in [0.1, 0.15) is 41.5 Å². The molecule has 2 aromatic heterocycles. The molecule has 306 valence electrons. The highest BCUT2D eigenvalue weighted by Crippen LogP contribution is 2.71. The van der Waals surface area contributed by atoms with Crippen LogP contribution in [0.5, 0.6) is 11.5 Å². The predicted octanol–water partition coefficient (Wildman–Crippen LogP) is 9.75. The number of hydrogen-bond acceptors (Lipinski definition) is 8. The molecule has 8 nitrogen and oxygen atoms in total. The van der Waals surface area contributed by atoms with Gasteiger partial charge in [0.15, 0.2) is 0 Å². The first-order valence-corrected chi connectivity index (χ1v) is 25.0. The van der Waals surface area contributed by atoms with Crippen molar-refractivity contribution in [2.24, 2.45) is 0 Å². The van der Waals surface area contributed by atoms with Crippen LogP contribution in [0.4, 0.5) is 0 Å². The van der Waals surface area contributed by atoms with Crippen LogP contribution in [-0.4, -0.2) is 126 Å². The Hall–Kier alpha value is -3.09. The molecule has 0 N–H and O–H groups in total. The molecule has 2 atom stereocenters. The average molecular weight is 821 g/mol. The Morgan fingerprint density at radius 1 is 0.414 bits per heavy atom. The zero-order chi connectivity index (χ0) is 41.2. The van der Waals surface area contributed by atoms with Crippen LogP contribution < -0.4 is 9.47 Å². The maximum absolute atomic E-state index is 7.30. The van der Waals surface area contributed by atoms with E-state index < -0.39 is 14.3 Å². The summed E-state index contributed by atoms with van der Waals surface area (Å²) in [4.78, 5) is 10.2. The summed E-state index contributed by atoms with van der Waals surface area (Å²) in [5.41, 5.74) is 5.48. The fourth-order valence-corrected chi connectivity index (χ4v) is 13.9. The van der Waals surface area contributed by atoms with Crippen LogP contribution in [-0.2, 0) is 18.9 Å². The minimum atomic E-state index is -1.86. The van der Waals surface area contributed by atoms with E-state index in [9.17, 15) is 0 Å². The number of benzene rings is 3. The lowest BCUT2D eigenvalue weighted by molar-refractivity contribution is 0.0409. The van der Waals surface area contributed by atoms with Crippen molar-refractivity contribution in [2.45, 2.75) is 51.9 Å². The van der Waals surface area contributed by atoms with Gasteiger partial charge < -0.3 is 43.6 Å². The molecular formula is C46H60B2N2O6P2. The monoisotopic (exact) mass is 820 g/mol. The van der Waals surface area contributed by atoms with Crippen molar-refractivity contribution in [1.82, 2.24) is 9.97 Å². The Kier molecular flexibility index (Phi) is 15.3. The first kappa shape index (κ1) is 44.5. The van der Waals surface area contributed by atoms with Crippen molar-refractivity contribution in [3.8, 4) is 34.0 Å². The molecule has 3 aliphatic rings. The quantitative estimate of drug-likeness (QED) is 0.0869. The van der Waals surface area contributed by atoms with Gasteiger partial charge in [0.25, 0.3) is 0 Å². The van der Waals surface area contributed by atoms with E-state index in [2.05, 4.69) is 77.9 Å². The molecule has 8 bridgehead atoms. The summed E-state index contributed by atoms with van der Waals surface area (Å²) >= 11 is 0. The summed E-state index contributed by atoms with van der Waals surface area (Å²) in [5.74, 6) is 1.56. The molecule has 58 heavy (non-hydrogen) atoms. The molecule has 8 rings (SSSR count). The summed E-state index contributed by atoms with van der Waals surface area (Å²) in [6, 6.07) is 28.6. The van der Waals surface area contributed by atoms with Crippen molar-refractivity contribution >= 4 is 51.2 Å². The number of pyridine rings is 2. The minimum Gasteiger partial charge on any atom is -0.491 e. The van der Waals surface area contributed by atoms with Crippen molar-refractivity contribution < 1.29 is 28.4 Å². The second kappa shape index (κ2) is 20.0. The summed E-state index contributed by atoms with van der Waals surface area (Å²) in [6.07, 6.45) is 3.58.